The second kappa shape index (κ2) is 5.01. The average molecular weight is 193 g/mol. The van der Waals surface area contributed by atoms with Gasteiger partial charge in [-0.1, -0.05) is 6.07 Å². The third-order valence-electron chi connectivity index (χ3n) is 2.54. The van der Waals surface area contributed by atoms with E-state index in [2.05, 4.69) is 31.3 Å². The number of aryl methyl sites for hydroxylation is 2. The fraction of sp³-hybridized carbons (Fsp3) is 0.500. The van der Waals surface area contributed by atoms with Gasteiger partial charge in [0.25, 0.3) is 0 Å². The second-order valence-electron chi connectivity index (χ2n) is 3.60. The summed E-state index contributed by atoms with van der Waals surface area (Å²) in [7, 11) is 3.69. The van der Waals surface area contributed by atoms with Crippen LogP contribution in [0.2, 0.25) is 0 Å². The Morgan fingerprint density at radius 2 is 1.86 bits per heavy atom. The van der Waals surface area contributed by atoms with E-state index in [0.29, 0.717) is 0 Å². The average Bonchev–Trinajstić information content (AvgIpc) is 2.19. The molecule has 0 atom stereocenters. The summed E-state index contributed by atoms with van der Waals surface area (Å²) in [5.74, 6) is 1.00. The van der Waals surface area contributed by atoms with Crippen LogP contribution >= 0.6 is 0 Å². The molecule has 78 valence electrons. The summed E-state index contributed by atoms with van der Waals surface area (Å²) in [6.45, 7) is 5.23. The van der Waals surface area contributed by atoms with E-state index in [9.17, 15) is 0 Å². The third kappa shape index (κ3) is 2.48. The fourth-order valence-corrected chi connectivity index (χ4v) is 1.49. The van der Waals surface area contributed by atoms with Gasteiger partial charge in [-0.25, -0.2) is 0 Å². The molecule has 2 nitrogen and oxygen atoms in total. The molecule has 0 spiro atoms. The highest BCUT2D eigenvalue weighted by atomic mass is 16.5. The van der Waals surface area contributed by atoms with E-state index in [-0.39, 0.29) is 0 Å². The maximum Gasteiger partial charge on any atom is 0.122 e. The minimum atomic E-state index is 0.985. The summed E-state index contributed by atoms with van der Waals surface area (Å²) in [6, 6.07) is 4.33. The molecule has 0 aromatic heterocycles. The summed E-state index contributed by atoms with van der Waals surface area (Å²) in [4.78, 5) is 0. The number of rotatable bonds is 4. The maximum absolute atomic E-state index is 5.35. The molecule has 1 aromatic carbocycles. The van der Waals surface area contributed by atoms with E-state index in [0.717, 1.165) is 18.7 Å². The molecular weight excluding hydrogens is 174 g/mol. The van der Waals surface area contributed by atoms with Gasteiger partial charge in [0.05, 0.1) is 7.11 Å². The Kier molecular flexibility index (Phi) is 3.96. The van der Waals surface area contributed by atoms with E-state index in [1.165, 1.54) is 16.7 Å². The van der Waals surface area contributed by atoms with Crippen molar-refractivity contribution in [3.8, 4) is 5.75 Å². The molecule has 0 saturated heterocycles. The number of likely N-dealkylation sites (N-methyl/N-ethyl adjacent to an activating group) is 1. The minimum Gasteiger partial charge on any atom is -0.496 e. The first kappa shape index (κ1) is 11.1. The molecular formula is C12H19NO. The predicted molar refractivity (Wildman–Crippen MR) is 60.1 cm³/mol. The van der Waals surface area contributed by atoms with E-state index in [1.54, 1.807) is 7.11 Å². The highest BCUT2D eigenvalue weighted by molar-refractivity contribution is 5.41. The summed E-state index contributed by atoms with van der Waals surface area (Å²) >= 11 is 0. The Balaban J connectivity index is 2.95. The second-order valence-corrected chi connectivity index (χ2v) is 3.60. The SMILES string of the molecule is CNCCc1cc(C)c(C)cc1OC. The van der Waals surface area contributed by atoms with Crippen molar-refractivity contribution in [2.75, 3.05) is 20.7 Å². The molecule has 0 aliphatic rings. The minimum absolute atomic E-state index is 0.985. The quantitative estimate of drug-likeness (QED) is 0.790. The van der Waals surface area contributed by atoms with Crippen LogP contribution in [-0.4, -0.2) is 20.7 Å². The lowest BCUT2D eigenvalue weighted by atomic mass is 10.0. The smallest absolute Gasteiger partial charge is 0.122 e. The summed E-state index contributed by atoms with van der Waals surface area (Å²) in [5, 5.41) is 3.15. The molecule has 0 unspecified atom stereocenters. The molecule has 0 aliphatic carbocycles. The lowest BCUT2D eigenvalue weighted by molar-refractivity contribution is 0.409. The van der Waals surface area contributed by atoms with Crippen molar-refractivity contribution in [3.05, 3.63) is 28.8 Å². The molecule has 0 heterocycles. The van der Waals surface area contributed by atoms with E-state index >= 15 is 0 Å². The van der Waals surface area contributed by atoms with Crippen LogP contribution < -0.4 is 10.1 Å². The van der Waals surface area contributed by atoms with Crippen molar-refractivity contribution in [2.45, 2.75) is 20.3 Å². The Labute approximate surface area is 86.3 Å². The third-order valence-corrected chi connectivity index (χ3v) is 2.54. The topological polar surface area (TPSA) is 21.3 Å². The van der Waals surface area contributed by atoms with Crippen molar-refractivity contribution in [1.82, 2.24) is 5.32 Å². The van der Waals surface area contributed by atoms with Gasteiger partial charge in [0.1, 0.15) is 5.75 Å². The van der Waals surface area contributed by atoms with Gasteiger partial charge >= 0.3 is 0 Å². The van der Waals surface area contributed by atoms with Crippen molar-refractivity contribution >= 4 is 0 Å². The molecule has 14 heavy (non-hydrogen) atoms. The monoisotopic (exact) mass is 193 g/mol. The van der Waals surface area contributed by atoms with Crippen molar-refractivity contribution in [1.29, 1.82) is 0 Å². The lowest BCUT2D eigenvalue weighted by Gasteiger charge is -2.11. The Morgan fingerprint density at radius 3 is 2.43 bits per heavy atom. The standard InChI is InChI=1S/C12H19NO/c1-9-7-11(5-6-13-3)12(14-4)8-10(9)2/h7-8,13H,5-6H2,1-4H3. The summed E-state index contributed by atoms with van der Waals surface area (Å²) < 4.78 is 5.35. The Morgan fingerprint density at radius 1 is 1.21 bits per heavy atom. The largest absolute Gasteiger partial charge is 0.496 e. The van der Waals surface area contributed by atoms with Gasteiger partial charge in [-0.2, -0.15) is 0 Å². The number of methoxy groups -OCH3 is 1. The molecule has 2 heteroatoms. The summed E-state index contributed by atoms with van der Waals surface area (Å²) in [5.41, 5.74) is 3.90. The van der Waals surface area contributed by atoms with Crippen LogP contribution in [-0.2, 0) is 6.42 Å². The number of ether oxygens (including phenoxy) is 1. The van der Waals surface area contributed by atoms with Gasteiger partial charge in [0, 0.05) is 0 Å². The van der Waals surface area contributed by atoms with E-state index < -0.39 is 0 Å². The molecule has 1 N–H and O–H groups in total. The highest BCUT2D eigenvalue weighted by Crippen LogP contribution is 2.23. The van der Waals surface area contributed by atoms with E-state index in [4.69, 9.17) is 4.74 Å². The first-order valence-electron chi connectivity index (χ1n) is 4.97. The Hall–Kier alpha value is -1.02. The van der Waals surface area contributed by atoms with Crippen LogP contribution in [0.1, 0.15) is 16.7 Å². The van der Waals surface area contributed by atoms with Gasteiger partial charge in [-0.3, -0.25) is 0 Å². The number of benzene rings is 1. The van der Waals surface area contributed by atoms with Crippen molar-refractivity contribution in [2.24, 2.45) is 0 Å². The molecule has 0 radical (unpaired) electrons. The summed E-state index contributed by atoms with van der Waals surface area (Å²) in [6.07, 6.45) is 1.01. The zero-order chi connectivity index (χ0) is 10.6. The van der Waals surface area contributed by atoms with Crippen molar-refractivity contribution in [3.63, 3.8) is 0 Å². The van der Waals surface area contributed by atoms with Crippen LogP contribution in [0, 0.1) is 13.8 Å². The lowest BCUT2D eigenvalue weighted by Crippen LogP contribution is -2.11. The normalized spacial score (nSPS) is 10.3. The predicted octanol–water partition coefficient (Wildman–Crippen LogP) is 2.07. The van der Waals surface area contributed by atoms with Crippen LogP contribution in [0.5, 0.6) is 5.75 Å². The Bertz CT molecular complexity index is 307. The first-order chi connectivity index (χ1) is 6.69. The number of hydrogen-bond donors (Lipinski definition) is 1. The van der Waals surface area contributed by atoms with E-state index in [1.807, 2.05) is 7.05 Å². The molecule has 0 amide bonds. The zero-order valence-corrected chi connectivity index (χ0v) is 9.48. The molecule has 0 saturated carbocycles. The molecule has 1 aromatic rings. The van der Waals surface area contributed by atoms with Crippen LogP contribution in [0.15, 0.2) is 12.1 Å². The fourth-order valence-electron chi connectivity index (χ4n) is 1.49. The molecule has 1 rings (SSSR count). The van der Waals surface area contributed by atoms with Gasteiger partial charge < -0.3 is 10.1 Å². The zero-order valence-electron chi connectivity index (χ0n) is 9.48. The number of nitrogens with one attached hydrogen (secondary N) is 1. The first-order valence-corrected chi connectivity index (χ1v) is 4.97. The maximum atomic E-state index is 5.35. The molecule has 0 fully saturated rings. The molecule has 0 aliphatic heterocycles. The molecule has 0 bridgehead atoms. The number of hydrogen-bond acceptors (Lipinski definition) is 2. The van der Waals surface area contributed by atoms with Gasteiger partial charge in [-0.15, -0.1) is 0 Å². The van der Waals surface area contributed by atoms with Crippen LogP contribution in [0.3, 0.4) is 0 Å². The van der Waals surface area contributed by atoms with Gasteiger partial charge in [0.15, 0.2) is 0 Å². The van der Waals surface area contributed by atoms with Gasteiger partial charge in [-0.05, 0) is 56.6 Å². The van der Waals surface area contributed by atoms with Crippen LogP contribution in [0.25, 0.3) is 0 Å². The van der Waals surface area contributed by atoms with Crippen molar-refractivity contribution < 1.29 is 4.74 Å². The van der Waals surface area contributed by atoms with Crippen LogP contribution in [0.4, 0.5) is 0 Å². The van der Waals surface area contributed by atoms with Gasteiger partial charge in [0.2, 0.25) is 0 Å². The highest BCUT2D eigenvalue weighted by Gasteiger charge is 2.04.